The zero-order valence-electron chi connectivity index (χ0n) is 11.4. The fourth-order valence-corrected chi connectivity index (χ4v) is 5.15. The zero-order valence-corrected chi connectivity index (χ0v) is 13.0. The lowest BCUT2D eigenvalue weighted by Gasteiger charge is -2.19. The number of hydrogen-bond donors (Lipinski definition) is 2. The normalized spacial score (nSPS) is 22.3. The van der Waals surface area contributed by atoms with Gasteiger partial charge in [0.2, 0.25) is 10.0 Å². The van der Waals surface area contributed by atoms with E-state index in [1.165, 1.54) is 6.42 Å². The first-order valence-corrected chi connectivity index (χ1v) is 9.66. The third-order valence-corrected chi connectivity index (χ3v) is 6.67. The number of anilines is 1. The molecule has 2 N–H and O–H groups in total. The molecule has 0 aliphatic carbocycles. The second-order valence-electron chi connectivity index (χ2n) is 5.34. The number of fused-ring (bicyclic) bond motifs is 1. The van der Waals surface area contributed by atoms with Gasteiger partial charge in [0.1, 0.15) is 0 Å². The summed E-state index contributed by atoms with van der Waals surface area (Å²) >= 11 is 1.86. The van der Waals surface area contributed by atoms with Crippen molar-refractivity contribution < 1.29 is 8.42 Å². The molecule has 0 amide bonds. The number of nitrogens with one attached hydrogen (secondary N) is 2. The highest BCUT2D eigenvalue weighted by molar-refractivity contribution is 8.00. The molecular formula is C14H20N2O2S2. The smallest absolute Gasteiger partial charge is 0.240 e. The van der Waals surface area contributed by atoms with Crippen LogP contribution in [0.15, 0.2) is 23.1 Å². The van der Waals surface area contributed by atoms with E-state index < -0.39 is 10.0 Å². The number of sulfonamides is 1. The van der Waals surface area contributed by atoms with Crippen molar-refractivity contribution in [3.8, 4) is 0 Å². The molecule has 1 fully saturated rings. The van der Waals surface area contributed by atoms with Crippen LogP contribution in [-0.4, -0.2) is 32.5 Å². The van der Waals surface area contributed by atoms with Crippen molar-refractivity contribution in [3.63, 3.8) is 0 Å². The van der Waals surface area contributed by atoms with E-state index in [9.17, 15) is 8.42 Å². The molecule has 110 valence electrons. The highest BCUT2D eigenvalue weighted by Gasteiger charge is 2.21. The molecule has 1 aromatic carbocycles. The van der Waals surface area contributed by atoms with Gasteiger partial charge >= 0.3 is 0 Å². The molecule has 4 nitrogen and oxygen atoms in total. The molecule has 0 saturated carbocycles. The van der Waals surface area contributed by atoms with Gasteiger partial charge in [-0.05, 0) is 55.2 Å². The molecule has 1 aromatic rings. The van der Waals surface area contributed by atoms with Crippen LogP contribution < -0.4 is 10.0 Å². The minimum Gasteiger partial charge on any atom is -0.385 e. The highest BCUT2D eigenvalue weighted by atomic mass is 32.2. The van der Waals surface area contributed by atoms with Crippen LogP contribution in [0.3, 0.4) is 0 Å². The van der Waals surface area contributed by atoms with Crippen LogP contribution in [0.2, 0.25) is 0 Å². The Hall–Kier alpha value is -0.720. The average Bonchev–Trinajstić information content (AvgIpc) is 2.98. The Morgan fingerprint density at radius 2 is 2.25 bits per heavy atom. The Bertz CT molecular complexity index is 581. The first-order valence-electron chi connectivity index (χ1n) is 7.13. The van der Waals surface area contributed by atoms with Crippen molar-refractivity contribution in [1.82, 2.24) is 4.72 Å². The van der Waals surface area contributed by atoms with Crippen molar-refractivity contribution in [2.75, 3.05) is 24.2 Å². The summed E-state index contributed by atoms with van der Waals surface area (Å²) in [6, 6.07) is 5.39. The van der Waals surface area contributed by atoms with Crippen molar-refractivity contribution in [3.05, 3.63) is 23.8 Å². The Kier molecular flexibility index (Phi) is 4.23. The average molecular weight is 312 g/mol. The van der Waals surface area contributed by atoms with Crippen molar-refractivity contribution in [2.45, 2.75) is 35.8 Å². The molecule has 6 heteroatoms. The first-order chi connectivity index (χ1) is 9.65. The molecule has 0 aromatic heterocycles. The van der Waals surface area contributed by atoms with Gasteiger partial charge in [0.05, 0.1) is 4.90 Å². The van der Waals surface area contributed by atoms with Gasteiger partial charge in [-0.2, -0.15) is 11.8 Å². The third-order valence-electron chi connectivity index (χ3n) is 3.85. The van der Waals surface area contributed by atoms with Crippen LogP contribution in [-0.2, 0) is 16.4 Å². The molecule has 1 atom stereocenters. The first kappa shape index (κ1) is 14.2. The lowest BCUT2D eigenvalue weighted by atomic mass is 10.0. The minimum absolute atomic E-state index is 0.392. The van der Waals surface area contributed by atoms with E-state index in [-0.39, 0.29) is 0 Å². The van der Waals surface area contributed by atoms with Crippen LogP contribution in [0.25, 0.3) is 0 Å². The summed E-state index contributed by atoms with van der Waals surface area (Å²) in [6.07, 6.45) is 4.32. The Morgan fingerprint density at radius 1 is 1.35 bits per heavy atom. The monoisotopic (exact) mass is 312 g/mol. The molecule has 20 heavy (non-hydrogen) atoms. The molecular weight excluding hydrogens is 292 g/mol. The molecule has 2 heterocycles. The van der Waals surface area contributed by atoms with Crippen molar-refractivity contribution in [1.29, 1.82) is 0 Å². The lowest BCUT2D eigenvalue weighted by molar-refractivity contribution is 0.579. The summed E-state index contributed by atoms with van der Waals surface area (Å²) in [5.74, 6) is 1.15. The zero-order chi connectivity index (χ0) is 14.0. The second-order valence-corrected chi connectivity index (χ2v) is 8.51. The maximum Gasteiger partial charge on any atom is 0.240 e. The molecule has 1 unspecified atom stereocenters. The second kappa shape index (κ2) is 5.95. The largest absolute Gasteiger partial charge is 0.385 e. The predicted molar refractivity (Wildman–Crippen MR) is 83.9 cm³/mol. The van der Waals surface area contributed by atoms with Gasteiger partial charge in [-0.25, -0.2) is 13.1 Å². The van der Waals surface area contributed by atoms with E-state index in [2.05, 4.69) is 10.0 Å². The quantitative estimate of drug-likeness (QED) is 0.895. The van der Waals surface area contributed by atoms with Gasteiger partial charge in [-0.15, -0.1) is 0 Å². The van der Waals surface area contributed by atoms with E-state index in [1.54, 1.807) is 6.07 Å². The fraction of sp³-hybridized carbons (Fsp3) is 0.571. The Balaban J connectivity index is 1.73. The number of rotatable bonds is 4. The molecule has 0 radical (unpaired) electrons. The van der Waals surface area contributed by atoms with Crippen molar-refractivity contribution >= 4 is 27.5 Å². The predicted octanol–water partition coefficient (Wildman–Crippen LogP) is 2.22. The number of thioether (sulfide) groups is 1. The third kappa shape index (κ3) is 3.13. The van der Waals surface area contributed by atoms with E-state index in [0.717, 1.165) is 42.8 Å². The summed E-state index contributed by atoms with van der Waals surface area (Å²) in [5, 5.41) is 3.73. The number of aryl methyl sites for hydroxylation is 1. The molecule has 3 rings (SSSR count). The van der Waals surface area contributed by atoms with E-state index in [0.29, 0.717) is 16.7 Å². The maximum absolute atomic E-state index is 12.3. The fourth-order valence-electron chi connectivity index (χ4n) is 2.71. The molecule has 1 saturated heterocycles. The molecule has 0 spiro atoms. The summed E-state index contributed by atoms with van der Waals surface area (Å²) < 4.78 is 27.4. The highest BCUT2D eigenvalue weighted by Crippen LogP contribution is 2.27. The van der Waals surface area contributed by atoms with E-state index in [1.807, 2.05) is 23.9 Å². The Morgan fingerprint density at radius 3 is 3.05 bits per heavy atom. The SMILES string of the molecule is O=S(=O)(NCC1CCCS1)c1ccc2c(c1)CCCN2. The van der Waals surface area contributed by atoms with Crippen LogP contribution in [0.4, 0.5) is 5.69 Å². The summed E-state index contributed by atoms with van der Waals surface area (Å²) in [7, 11) is -3.37. The van der Waals surface area contributed by atoms with Crippen LogP contribution >= 0.6 is 11.8 Å². The van der Waals surface area contributed by atoms with Gasteiger partial charge in [0.25, 0.3) is 0 Å². The van der Waals surface area contributed by atoms with Gasteiger partial charge in [-0.3, -0.25) is 0 Å². The topological polar surface area (TPSA) is 58.2 Å². The Labute approximate surface area is 124 Å². The summed E-state index contributed by atoms with van der Waals surface area (Å²) in [5.41, 5.74) is 2.18. The van der Waals surface area contributed by atoms with Crippen molar-refractivity contribution in [2.24, 2.45) is 0 Å². The van der Waals surface area contributed by atoms with E-state index >= 15 is 0 Å². The lowest BCUT2D eigenvalue weighted by Crippen LogP contribution is -2.30. The molecule has 0 bridgehead atoms. The minimum atomic E-state index is -3.37. The molecule has 2 aliphatic heterocycles. The van der Waals surface area contributed by atoms with Gasteiger partial charge in [0, 0.05) is 24.0 Å². The molecule has 2 aliphatic rings. The maximum atomic E-state index is 12.3. The van der Waals surface area contributed by atoms with Gasteiger partial charge in [0.15, 0.2) is 0 Å². The summed E-state index contributed by atoms with van der Waals surface area (Å²) in [4.78, 5) is 0.392. The van der Waals surface area contributed by atoms with Crippen LogP contribution in [0.5, 0.6) is 0 Å². The summed E-state index contributed by atoms with van der Waals surface area (Å²) in [6.45, 7) is 1.51. The number of benzene rings is 1. The number of hydrogen-bond acceptors (Lipinski definition) is 4. The van der Waals surface area contributed by atoms with Gasteiger partial charge in [-0.1, -0.05) is 0 Å². The van der Waals surface area contributed by atoms with Crippen LogP contribution in [0, 0.1) is 0 Å². The van der Waals surface area contributed by atoms with E-state index in [4.69, 9.17) is 0 Å². The van der Waals surface area contributed by atoms with Crippen LogP contribution in [0.1, 0.15) is 24.8 Å². The standard InChI is InChI=1S/C14H20N2O2S2/c17-20(18,16-10-12-4-2-8-19-12)13-5-6-14-11(9-13)3-1-7-15-14/h5-6,9,12,15-16H,1-4,7-8,10H2. The van der Waals surface area contributed by atoms with Gasteiger partial charge < -0.3 is 5.32 Å².